The molecule has 20 heavy (non-hydrogen) atoms. The minimum absolute atomic E-state index is 0.0744. The Morgan fingerprint density at radius 1 is 1.35 bits per heavy atom. The molecule has 5 heteroatoms. The summed E-state index contributed by atoms with van der Waals surface area (Å²) in [4.78, 5) is 17.2. The molecular formula is C15H19N3OS. The number of amides is 1. The van der Waals surface area contributed by atoms with E-state index in [9.17, 15) is 4.79 Å². The molecule has 0 fully saturated rings. The van der Waals surface area contributed by atoms with E-state index in [1.54, 1.807) is 18.4 Å². The molecule has 1 aromatic heterocycles. The lowest BCUT2D eigenvalue weighted by molar-refractivity contribution is 0.0963. The Morgan fingerprint density at radius 2 is 2.10 bits per heavy atom. The normalized spacial score (nSPS) is 12.0. The van der Waals surface area contributed by atoms with E-state index in [1.165, 1.54) is 4.88 Å². The number of aryl methyl sites for hydroxylation is 2. The van der Waals surface area contributed by atoms with Crippen LogP contribution in [-0.2, 0) is 0 Å². The van der Waals surface area contributed by atoms with Crippen molar-refractivity contribution in [3.8, 4) is 0 Å². The maximum absolute atomic E-state index is 11.7. The number of anilines is 1. The number of aromatic nitrogens is 1. The average Bonchev–Trinajstić information content (AvgIpc) is 2.86. The van der Waals surface area contributed by atoms with Crippen LogP contribution in [0.1, 0.15) is 39.5 Å². The molecule has 1 atom stereocenters. The molecule has 4 nitrogen and oxygen atoms in total. The molecule has 1 unspecified atom stereocenters. The Hall–Kier alpha value is -1.88. The van der Waals surface area contributed by atoms with Crippen molar-refractivity contribution >= 4 is 22.9 Å². The quantitative estimate of drug-likeness (QED) is 0.908. The standard InChI is InChI=1S/C15H19N3OS/c1-9-5-6-12(15(19)16-4)7-13(9)18-11(3)14-10(2)17-8-20-14/h5-8,11,18H,1-4H3,(H,16,19). The lowest BCUT2D eigenvalue weighted by Crippen LogP contribution is -2.18. The maximum Gasteiger partial charge on any atom is 0.251 e. The lowest BCUT2D eigenvalue weighted by Gasteiger charge is -2.17. The highest BCUT2D eigenvalue weighted by molar-refractivity contribution is 7.09. The smallest absolute Gasteiger partial charge is 0.251 e. The number of carbonyl (C=O) groups is 1. The van der Waals surface area contributed by atoms with Crippen LogP contribution in [0.15, 0.2) is 23.7 Å². The van der Waals surface area contributed by atoms with E-state index >= 15 is 0 Å². The van der Waals surface area contributed by atoms with Crippen LogP contribution in [0.25, 0.3) is 0 Å². The maximum atomic E-state index is 11.7. The van der Waals surface area contributed by atoms with Crippen LogP contribution in [0, 0.1) is 13.8 Å². The molecule has 2 N–H and O–H groups in total. The summed E-state index contributed by atoms with van der Waals surface area (Å²) >= 11 is 1.64. The zero-order chi connectivity index (χ0) is 14.7. The summed E-state index contributed by atoms with van der Waals surface area (Å²) in [6.07, 6.45) is 0. The Balaban J connectivity index is 2.24. The number of nitrogens with one attached hydrogen (secondary N) is 2. The predicted molar refractivity (Wildman–Crippen MR) is 83.5 cm³/mol. The van der Waals surface area contributed by atoms with Gasteiger partial charge in [-0.1, -0.05) is 6.07 Å². The van der Waals surface area contributed by atoms with Crippen molar-refractivity contribution in [1.29, 1.82) is 0 Å². The monoisotopic (exact) mass is 289 g/mol. The van der Waals surface area contributed by atoms with Gasteiger partial charge in [0.05, 0.1) is 17.2 Å². The van der Waals surface area contributed by atoms with E-state index in [-0.39, 0.29) is 11.9 Å². The SMILES string of the molecule is CNC(=O)c1ccc(C)c(NC(C)c2scnc2C)c1. The average molecular weight is 289 g/mol. The Labute approximate surface area is 123 Å². The number of rotatable bonds is 4. The Morgan fingerprint density at radius 3 is 2.70 bits per heavy atom. The van der Waals surface area contributed by atoms with Gasteiger partial charge in [0.1, 0.15) is 0 Å². The number of nitrogens with zero attached hydrogens (tertiary/aromatic N) is 1. The molecule has 1 aromatic carbocycles. The van der Waals surface area contributed by atoms with Gasteiger partial charge in [0.15, 0.2) is 0 Å². The lowest BCUT2D eigenvalue weighted by atomic mass is 10.1. The fourth-order valence-corrected chi connectivity index (χ4v) is 2.90. The topological polar surface area (TPSA) is 54.0 Å². The van der Waals surface area contributed by atoms with Crippen LogP contribution >= 0.6 is 11.3 Å². The highest BCUT2D eigenvalue weighted by Crippen LogP contribution is 2.27. The molecule has 1 amide bonds. The van der Waals surface area contributed by atoms with Crippen LogP contribution in [-0.4, -0.2) is 17.9 Å². The number of hydrogen-bond acceptors (Lipinski definition) is 4. The summed E-state index contributed by atoms with van der Waals surface area (Å²) in [6, 6.07) is 5.85. The number of carbonyl (C=O) groups excluding carboxylic acids is 1. The third-order valence-corrected chi connectivity index (χ3v) is 4.39. The van der Waals surface area contributed by atoms with Crippen molar-refractivity contribution in [3.63, 3.8) is 0 Å². The molecule has 2 aromatic rings. The molecule has 0 spiro atoms. The second-order valence-corrected chi connectivity index (χ2v) is 5.66. The zero-order valence-electron chi connectivity index (χ0n) is 12.2. The first kappa shape index (κ1) is 14.5. The molecule has 0 saturated carbocycles. The third-order valence-electron chi connectivity index (χ3n) is 3.27. The van der Waals surface area contributed by atoms with E-state index in [1.807, 2.05) is 37.6 Å². The number of thiazole rings is 1. The van der Waals surface area contributed by atoms with Crippen LogP contribution < -0.4 is 10.6 Å². The summed E-state index contributed by atoms with van der Waals surface area (Å²) in [7, 11) is 1.64. The minimum Gasteiger partial charge on any atom is -0.377 e. The van der Waals surface area contributed by atoms with Crippen molar-refractivity contribution in [2.45, 2.75) is 26.8 Å². The summed E-state index contributed by atoms with van der Waals surface area (Å²) < 4.78 is 0. The second kappa shape index (κ2) is 6.05. The first-order chi connectivity index (χ1) is 9.52. The minimum atomic E-state index is -0.0744. The van der Waals surface area contributed by atoms with Crippen molar-refractivity contribution in [3.05, 3.63) is 45.4 Å². The zero-order valence-corrected chi connectivity index (χ0v) is 13.0. The van der Waals surface area contributed by atoms with E-state index in [0.717, 1.165) is 16.9 Å². The van der Waals surface area contributed by atoms with Crippen LogP contribution in [0.3, 0.4) is 0 Å². The van der Waals surface area contributed by atoms with Crippen LogP contribution in [0.2, 0.25) is 0 Å². The van der Waals surface area contributed by atoms with Gasteiger partial charge in [-0.25, -0.2) is 4.98 Å². The van der Waals surface area contributed by atoms with E-state index in [2.05, 4.69) is 22.5 Å². The van der Waals surface area contributed by atoms with E-state index in [4.69, 9.17) is 0 Å². The van der Waals surface area contributed by atoms with Gasteiger partial charge in [-0.15, -0.1) is 11.3 Å². The molecule has 0 aliphatic rings. The molecular weight excluding hydrogens is 270 g/mol. The number of benzene rings is 1. The Bertz CT molecular complexity index is 621. The predicted octanol–water partition coefficient (Wildman–Crippen LogP) is 3.29. The summed E-state index contributed by atoms with van der Waals surface area (Å²) in [5.74, 6) is -0.0744. The van der Waals surface area contributed by atoms with Crippen molar-refractivity contribution < 1.29 is 4.79 Å². The van der Waals surface area contributed by atoms with Crippen molar-refractivity contribution in [2.24, 2.45) is 0 Å². The van der Waals surface area contributed by atoms with E-state index in [0.29, 0.717) is 5.56 Å². The van der Waals surface area contributed by atoms with Crippen LogP contribution in [0.4, 0.5) is 5.69 Å². The molecule has 0 aliphatic heterocycles. The molecule has 0 radical (unpaired) electrons. The van der Waals surface area contributed by atoms with Gasteiger partial charge in [-0.05, 0) is 38.5 Å². The van der Waals surface area contributed by atoms with Crippen molar-refractivity contribution in [2.75, 3.05) is 12.4 Å². The first-order valence-corrected chi connectivity index (χ1v) is 7.40. The highest BCUT2D eigenvalue weighted by Gasteiger charge is 2.13. The van der Waals surface area contributed by atoms with Gasteiger partial charge in [0.2, 0.25) is 0 Å². The summed E-state index contributed by atoms with van der Waals surface area (Å²) in [6.45, 7) is 6.15. The molecule has 2 rings (SSSR count). The molecule has 106 valence electrons. The van der Waals surface area contributed by atoms with Gasteiger partial charge < -0.3 is 10.6 Å². The fraction of sp³-hybridized carbons (Fsp3) is 0.333. The molecule has 1 heterocycles. The molecule has 0 bridgehead atoms. The van der Waals surface area contributed by atoms with Gasteiger partial charge in [0, 0.05) is 23.2 Å². The third kappa shape index (κ3) is 2.99. The fourth-order valence-electron chi connectivity index (χ4n) is 2.09. The molecule has 0 saturated heterocycles. The second-order valence-electron chi connectivity index (χ2n) is 4.78. The van der Waals surface area contributed by atoms with Gasteiger partial charge >= 0.3 is 0 Å². The largest absolute Gasteiger partial charge is 0.377 e. The van der Waals surface area contributed by atoms with Gasteiger partial charge in [-0.2, -0.15) is 0 Å². The molecule has 0 aliphatic carbocycles. The number of hydrogen-bond donors (Lipinski definition) is 2. The summed E-state index contributed by atoms with van der Waals surface area (Å²) in [5, 5.41) is 6.11. The first-order valence-electron chi connectivity index (χ1n) is 6.52. The van der Waals surface area contributed by atoms with Crippen LogP contribution in [0.5, 0.6) is 0 Å². The van der Waals surface area contributed by atoms with Gasteiger partial charge in [-0.3, -0.25) is 4.79 Å². The Kier molecular flexibility index (Phi) is 4.39. The van der Waals surface area contributed by atoms with Gasteiger partial charge in [0.25, 0.3) is 5.91 Å². The highest BCUT2D eigenvalue weighted by atomic mass is 32.1. The van der Waals surface area contributed by atoms with E-state index < -0.39 is 0 Å². The summed E-state index contributed by atoms with van der Waals surface area (Å²) in [5.41, 5.74) is 5.67. The van der Waals surface area contributed by atoms with Crippen molar-refractivity contribution in [1.82, 2.24) is 10.3 Å².